The van der Waals surface area contributed by atoms with E-state index in [1.165, 1.54) is 60.7 Å². The third kappa shape index (κ3) is 9.22. The Morgan fingerprint density at radius 2 is 0.891 bits per heavy atom. The maximum absolute atomic E-state index is 12.2. The van der Waals surface area contributed by atoms with Gasteiger partial charge in [0.15, 0.2) is 5.75 Å². The van der Waals surface area contributed by atoms with Crippen LogP contribution in [0.5, 0.6) is 11.5 Å². The number of rotatable bonds is 12. The molecule has 0 aromatic heterocycles. The van der Waals surface area contributed by atoms with Crippen molar-refractivity contribution in [3.8, 4) is 11.5 Å². The van der Waals surface area contributed by atoms with E-state index in [2.05, 4.69) is 30.7 Å². The van der Waals surface area contributed by atoms with E-state index in [4.69, 9.17) is 4.74 Å². The zero-order valence-corrected chi connectivity index (χ0v) is 35.5. The van der Waals surface area contributed by atoms with Gasteiger partial charge in [-0.05, 0) is 102 Å². The largest absolute Gasteiger partial charge is 0.505 e. The van der Waals surface area contributed by atoms with Gasteiger partial charge in [0.1, 0.15) is 22.0 Å². The molecule has 0 aliphatic heterocycles. The summed E-state index contributed by atoms with van der Waals surface area (Å²) >= 11 is 0. The molecule has 0 radical (unpaired) electrons. The number of hydrogen-bond donors (Lipinski definition) is 4. The van der Waals surface area contributed by atoms with E-state index in [-0.39, 0.29) is 56.0 Å². The first-order chi connectivity index (χ1) is 30.5. The molecule has 0 fully saturated rings. The number of aromatic hydroxyl groups is 1. The van der Waals surface area contributed by atoms with Gasteiger partial charge in [-0.2, -0.15) is 25.3 Å². The molecule has 8 aromatic rings. The van der Waals surface area contributed by atoms with E-state index in [9.17, 15) is 44.0 Å². The quantitative estimate of drug-likeness (QED) is 0.0661. The zero-order valence-electron chi connectivity index (χ0n) is 33.0. The highest BCUT2D eigenvalue weighted by atomic mass is 32.2. The molecule has 4 N–H and O–H groups in total. The number of hydrogen-bond acceptors (Lipinski definition) is 14. The summed E-state index contributed by atoms with van der Waals surface area (Å²) < 4.78 is 107. The van der Waals surface area contributed by atoms with Crippen LogP contribution in [0.3, 0.4) is 0 Å². The van der Waals surface area contributed by atoms with Crippen LogP contribution in [0, 0.1) is 0 Å². The standard InChI is InChI=1S/C44H32N6O11S3/c1-61-29-10-6-26(7-11-29)22-27-8-14-32-28(23-27)9-17-42(44(32)51)50-48-40-21-18-37(33-15-12-31(25-36(33)40)63(55,56)57)45-47-39-20-19-38(34-16-13-30(24-35(34)39)62(52,53)54)46-49-41-4-2-3-5-43(41)64(58,59)60/h2-21,23-25,51H,22H2,1H3,(H,52,53,54)(H,55,56,57)(H,58,59,60). The van der Waals surface area contributed by atoms with Crippen molar-refractivity contribution in [1.82, 2.24) is 0 Å². The maximum atomic E-state index is 12.2. The Labute approximate surface area is 365 Å². The number of azo groups is 3. The number of methoxy groups -OCH3 is 1. The molecule has 8 aromatic carbocycles. The highest BCUT2D eigenvalue weighted by molar-refractivity contribution is 7.86. The Morgan fingerprint density at radius 3 is 1.41 bits per heavy atom. The van der Waals surface area contributed by atoms with E-state index in [1.54, 1.807) is 25.3 Å². The minimum absolute atomic E-state index is 0.0869. The first-order valence-corrected chi connectivity index (χ1v) is 23.1. The van der Waals surface area contributed by atoms with Crippen LogP contribution < -0.4 is 4.74 Å². The van der Waals surface area contributed by atoms with Crippen LogP contribution in [0.4, 0.5) is 34.1 Å². The van der Waals surface area contributed by atoms with Gasteiger partial charge >= 0.3 is 0 Å². The zero-order chi connectivity index (χ0) is 45.4. The summed E-state index contributed by atoms with van der Waals surface area (Å²) in [5.74, 6) is 0.622. The molecule has 17 nitrogen and oxygen atoms in total. The molecule has 0 heterocycles. The second-order valence-corrected chi connectivity index (χ2v) is 18.4. The Bertz CT molecular complexity index is 3620. The summed E-state index contributed by atoms with van der Waals surface area (Å²) in [5, 5.41) is 38.9. The number of fused-ring (bicyclic) bond motifs is 3. The van der Waals surface area contributed by atoms with Gasteiger partial charge < -0.3 is 9.84 Å². The molecule has 0 bridgehead atoms. The minimum atomic E-state index is -4.70. The summed E-state index contributed by atoms with van der Waals surface area (Å²) in [5.41, 5.74) is 2.58. The van der Waals surface area contributed by atoms with E-state index >= 15 is 0 Å². The smallest absolute Gasteiger partial charge is 0.296 e. The Morgan fingerprint density at radius 1 is 0.438 bits per heavy atom. The second-order valence-electron chi connectivity index (χ2n) is 14.1. The fraction of sp³-hybridized carbons (Fsp3) is 0.0455. The van der Waals surface area contributed by atoms with Crippen molar-refractivity contribution in [3.63, 3.8) is 0 Å². The van der Waals surface area contributed by atoms with Crippen molar-refractivity contribution in [2.24, 2.45) is 30.7 Å². The lowest BCUT2D eigenvalue weighted by atomic mass is 10.0. The summed E-state index contributed by atoms with van der Waals surface area (Å²) in [6.07, 6.45) is 0.654. The average Bonchev–Trinajstić information content (AvgIpc) is 3.26. The van der Waals surface area contributed by atoms with Crippen LogP contribution in [-0.2, 0) is 36.8 Å². The fourth-order valence-corrected chi connectivity index (χ4v) is 8.50. The van der Waals surface area contributed by atoms with Gasteiger partial charge in [-0.15, -0.1) is 30.7 Å². The highest BCUT2D eigenvalue weighted by Crippen LogP contribution is 2.41. The first kappa shape index (κ1) is 43.3. The van der Waals surface area contributed by atoms with Gasteiger partial charge in [-0.1, -0.05) is 60.7 Å². The third-order valence-corrected chi connectivity index (χ3v) is 12.6. The van der Waals surface area contributed by atoms with Crippen LogP contribution in [-0.4, -0.2) is 51.1 Å². The topological polar surface area (TPSA) is 267 Å². The number of nitrogens with zero attached hydrogens (tertiary/aromatic N) is 6. The van der Waals surface area contributed by atoms with Gasteiger partial charge in [0.05, 0.1) is 39.7 Å². The predicted octanol–water partition coefficient (Wildman–Crippen LogP) is 11.4. The van der Waals surface area contributed by atoms with Crippen LogP contribution >= 0.6 is 0 Å². The third-order valence-electron chi connectivity index (χ3n) is 10.0. The van der Waals surface area contributed by atoms with Crippen molar-refractivity contribution < 1.29 is 48.8 Å². The molecule has 0 atom stereocenters. The maximum Gasteiger partial charge on any atom is 0.296 e. The lowest BCUT2D eigenvalue weighted by Crippen LogP contribution is -1.97. The van der Waals surface area contributed by atoms with E-state index in [0.29, 0.717) is 17.2 Å². The van der Waals surface area contributed by atoms with Gasteiger partial charge in [0.2, 0.25) is 0 Å². The average molecular weight is 917 g/mol. The Hall–Kier alpha value is -7.33. The molecule has 0 saturated heterocycles. The normalized spacial score (nSPS) is 12.7. The van der Waals surface area contributed by atoms with Crippen molar-refractivity contribution in [2.75, 3.05) is 7.11 Å². The van der Waals surface area contributed by atoms with Gasteiger partial charge in [-0.25, -0.2) is 0 Å². The van der Waals surface area contributed by atoms with Gasteiger partial charge in [-0.3, -0.25) is 13.7 Å². The molecular formula is C44H32N6O11S3. The van der Waals surface area contributed by atoms with E-state index < -0.39 is 45.0 Å². The number of phenolic OH excluding ortho intramolecular Hbond substituents is 1. The van der Waals surface area contributed by atoms with Gasteiger partial charge in [0.25, 0.3) is 30.4 Å². The SMILES string of the molecule is COc1ccc(Cc2ccc3c(O)c(N=Nc4ccc(N=Nc5ccc(N=Nc6ccccc6S(=O)(=O)O)c6ccc(S(=O)(=O)O)cc56)c5ccc(S(=O)(=O)O)cc45)ccc3c2)cc1. The Balaban J connectivity index is 1.15. The molecule has 0 amide bonds. The Kier molecular flexibility index (Phi) is 11.6. The summed E-state index contributed by atoms with van der Waals surface area (Å²) in [6, 6.07) is 35.3. The van der Waals surface area contributed by atoms with E-state index in [0.717, 1.165) is 46.5 Å². The van der Waals surface area contributed by atoms with Crippen LogP contribution in [0.25, 0.3) is 32.3 Å². The molecule has 64 heavy (non-hydrogen) atoms. The first-order valence-electron chi connectivity index (χ1n) is 18.7. The molecule has 8 rings (SSSR count). The molecule has 322 valence electrons. The predicted molar refractivity (Wildman–Crippen MR) is 238 cm³/mol. The molecule has 0 aliphatic rings. The lowest BCUT2D eigenvalue weighted by molar-refractivity contribution is 0.414. The summed E-state index contributed by atoms with van der Waals surface area (Å²) in [4.78, 5) is -1.42. The van der Waals surface area contributed by atoms with Crippen LogP contribution in [0.1, 0.15) is 11.1 Å². The van der Waals surface area contributed by atoms with Crippen LogP contribution in [0.15, 0.2) is 185 Å². The van der Waals surface area contributed by atoms with E-state index in [1.807, 2.05) is 36.4 Å². The molecule has 0 spiro atoms. The molecular weight excluding hydrogens is 885 g/mol. The monoisotopic (exact) mass is 916 g/mol. The molecule has 0 aliphatic carbocycles. The van der Waals surface area contributed by atoms with Crippen LogP contribution in [0.2, 0.25) is 0 Å². The molecule has 0 unspecified atom stereocenters. The highest BCUT2D eigenvalue weighted by Gasteiger charge is 2.18. The molecule has 20 heteroatoms. The van der Waals surface area contributed by atoms with Crippen molar-refractivity contribution in [2.45, 2.75) is 21.1 Å². The molecule has 0 saturated carbocycles. The number of ether oxygens (including phenoxy) is 1. The number of benzene rings is 8. The minimum Gasteiger partial charge on any atom is -0.505 e. The summed E-state index contributed by atoms with van der Waals surface area (Å²) in [6.45, 7) is 0. The summed E-state index contributed by atoms with van der Waals surface area (Å²) in [7, 11) is -12.4. The fourth-order valence-electron chi connectivity index (χ4n) is 6.86. The second kappa shape index (κ2) is 17.1. The number of phenols is 1. The lowest BCUT2D eigenvalue weighted by Gasteiger charge is -2.09. The van der Waals surface area contributed by atoms with Crippen molar-refractivity contribution in [1.29, 1.82) is 0 Å². The van der Waals surface area contributed by atoms with Crippen molar-refractivity contribution in [3.05, 3.63) is 151 Å². The van der Waals surface area contributed by atoms with Crippen molar-refractivity contribution >= 4 is 96.8 Å². The van der Waals surface area contributed by atoms with Gasteiger partial charge in [0, 0.05) is 26.9 Å².